The van der Waals surface area contributed by atoms with Crippen LogP contribution >= 0.6 is 0 Å². The molecule has 0 radical (unpaired) electrons. The minimum absolute atomic E-state index is 0.0214. The molecule has 1 heterocycles. The van der Waals surface area contributed by atoms with Crippen molar-refractivity contribution in [3.05, 3.63) is 59.5 Å². The van der Waals surface area contributed by atoms with Crippen LogP contribution < -0.4 is 10.6 Å². The largest absolute Gasteiger partial charge is 0.371 e. The molecule has 2 unspecified atom stereocenters. The van der Waals surface area contributed by atoms with Crippen molar-refractivity contribution in [2.45, 2.75) is 18.4 Å². The van der Waals surface area contributed by atoms with Gasteiger partial charge in [-0.15, -0.1) is 0 Å². The average molecular weight is 285 g/mol. The fourth-order valence-electron chi connectivity index (χ4n) is 2.46. The van der Waals surface area contributed by atoms with Crippen molar-refractivity contribution in [3.63, 3.8) is 0 Å². The summed E-state index contributed by atoms with van der Waals surface area (Å²) >= 11 is 0. The summed E-state index contributed by atoms with van der Waals surface area (Å²) in [6, 6.07) is 11.5. The highest BCUT2D eigenvalue weighted by atomic mass is 19.1. The van der Waals surface area contributed by atoms with Crippen LogP contribution in [-0.4, -0.2) is 24.0 Å². The summed E-state index contributed by atoms with van der Waals surface area (Å²) in [4.78, 5) is 16.0. The summed E-state index contributed by atoms with van der Waals surface area (Å²) in [5, 5.41) is 5.50. The first-order valence-electron chi connectivity index (χ1n) is 6.88. The molecule has 0 saturated heterocycles. The highest BCUT2D eigenvalue weighted by Crippen LogP contribution is 2.40. The molecule has 1 aliphatic rings. The van der Waals surface area contributed by atoms with E-state index in [-0.39, 0.29) is 17.4 Å². The first kappa shape index (κ1) is 13.5. The Kier molecular flexibility index (Phi) is 3.56. The van der Waals surface area contributed by atoms with Gasteiger partial charge in [-0.1, -0.05) is 30.3 Å². The zero-order valence-electron chi connectivity index (χ0n) is 11.6. The van der Waals surface area contributed by atoms with Crippen LogP contribution in [0.4, 0.5) is 10.2 Å². The van der Waals surface area contributed by atoms with Crippen molar-refractivity contribution >= 4 is 11.7 Å². The number of halogens is 1. The number of amides is 1. The summed E-state index contributed by atoms with van der Waals surface area (Å²) in [6.45, 7) is 0. The van der Waals surface area contributed by atoms with Gasteiger partial charge in [-0.25, -0.2) is 9.37 Å². The number of aromatic nitrogens is 1. The van der Waals surface area contributed by atoms with Crippen LogP contribution in [0.5, 0.6) is 0 Å². The Balaban J connectivity index is 1.69. The number of hydrogen-bond donors (Lipinski definition) is 2. The molecule has 0 spiro atoms. The number of nitrogens with one attached hydrogen (secondary N) is 2. The fraction of sp³-hybridized carbons (Fsp3) is 0.250. The van der Waals surface area contributed by atoms with Crippen molar-refractivity contribution in [3.8, 4) is 0 Å². The zero-order valence-corrected chi connectivity index (χ0v) is 11.6. The van der Waals surface area contributed by atoms with Crippen LogP contribution in [0.2, 0.25) is 0 Å². The van der Waals surface area contributed by atoms with Gasteiger partial charge in [0, 0.05) is 25.2 Å². The van der Waals surface area contributed by atoms with Crippen molar-refractivity contribution in [2.24, 2.45) is 0 Å². The number of carbonyl (C=O) groups is 1. The first-order valence-corrected chi connectivity index (χ1v) is 6.88. The van der Waals surface area contributed by atoms with Crippen LogP contribution in [0.3, 0.4) is 0 Å². The maximum absolute atomic E-state index is 14.0. The number of rotatable bonds is 4. The van der Waals surface area contributed by atoms with Gasteiger partial charge >= 0.3 is 0 Å². The number of benzene rings is 1. The molecule has 1 aromatic heterocycles. The normalized spacial score (nSPS) is 19.9. The number of nitrogens with zero attached hydrogens (tertiary/aromatic N) is 1. The smallest absolute Gasteiger partial charge is 0.254 e. The average Bonchev–Trinajstić information content (AvgIpc) is 3.27. The Morgan fingerprint density at radius 2 is 2.05 bits per heavy atom. The molecule has 5 heteroatoms. The molecular formula is C16H16FN3O. The second-order valence-corrected chi connectivity index (χ2v) is 5.10. The lowest BCUT2D eigenvalue weighted by molar-refractivity contribution is 0.0946. The molecule has 1 saturated carbocycles. The lowest BCUT2D eigenvalue weighted by Gasteiger charge is -2.08. The minimum atomic E-state index is -0.616. The third-order valence-electron chi connectivity index (χ3n) is 3.71. The maximum Gasteiger partial charge on any atom is 0.254 e. The monoisotopic (exact) mass is 285 g/mol. The Labute approximate surface area is 122 Å². The molecular weight excluding hydrogens is 269 g/mol. The lowest BCUT2D eigenvalue weighted by atomic mass is 10.1. The predicted molar refractivity (Wildman–Crippen MR) is 78.8 cm³/mol. The van der Waals surface area contributed by atoms with Crippen LogP contribution in [0, 0.1) is 5.82 Å². The highest BCUT2D eigenvalue weighted by molar-refractivity contribution is 5.95. The standard InChI is InChI=1S/C16H16FN3O/c1-18-15-14(17)11(7-8-19-15)16(21)20-13-9-12(13)10-5-3-2-4-6-10/h2-8,12-13H,9H2,1H3,(H,18,19)(H,20,21). The zero-order chi connectivity index (χ0) is 14.8. The van der Waals surface area contributed by atoms with E-state index in [0.29, 0.717) is 5.92 Å². The van der Waals surface area contributed by atoms with Crippen LogP contribution in [-0.2, 0) is 0 Å². The maximum atomic E-state index is 14.0. The Bertz CT molecular complexity index is 660. The molecule has 1 fully saturated rings. The Morgan fingerprint density at radius 3 is 2.76 bits per heavy atom. The van der Waals surface area contributed by atoms with E-state index in [9.17, 15) is 9.18 Å². The van der Waals surface area contributed by atoms with Crippen molar-refractivity contribution in [2.75, 3.05) is 12.4 Å². The van der Waals surface area contributed by atoms with E-state index in [1.807, 2.05) is 30.3 Å². The van der Waals surface area contributed by atoms with Gasteiger partial charge in [-0.2, -0.15) is 0 Å². The fourth-order valence-corrected chi connectivity index (χ4v) is 2.46. The van der Waals surface area contributed by atoms with E-state index < -0.39 is 11.7 Å². The summed E-state index contributed by atoms with van der Waals surface area (Å²) in [6.07, 6.45) is 2.31. The molecule has 108 valence electrons. The number of hydrogen-bond acceptors (Lipinski definition) is 3. The van der Waals surface area contributed by atoms with E-state index in [4.69, 9.17) is 0 Å². The third-order valence-corrected chi connectivity index (χ3v) is 3.71. The van der Waals surface area contributed by atoms with E-state index in [1.165, 1.54) is 17.8 Å². The molecule has 1 amide bonds. The molecule has 0 bridgehead atoms. The third kappa shape index (κ3) is 2.72. The Morgan fingerprint density at radius 1 is 1.29 bits per heavy atom. The van der Waals surface area contributed by atoms with E-state index in [0.717, 1.165) is 6.42 Å². The summed E-state index contributed by atoms with van der Waals surface area (Å²) in [5.41, 5.74) is 1.22. The van der Waals surface area contributed by atoms with Gasteiger partial charge in [0.15, 0.2) is 11.6 Å². The summed E-state index contributed by atoms with van der Waals surface area (Å²) < 4.78 is 14.0. The van der Waals surface area contributed by atoms with E-state index in [1.54, 1.807) is 7.05 Å². The number of anilines is 1. The SMILES string of the molecule is CNc1nccc(C(=O)NC2CC2c2ccccc2)c1F. The molecule has 2 N–H and O–H groups in total. The quantitative estimate of drug-likeness (QED) is 0.907. The molecule has 21 heavy (non-hydrogen) atoms. The van der Waals surface area contributed by atoms with Gasteiger partial charge in [0.05, 0.1) is 5.56 Å². The van der Waals surface area contributed by atoms with Gasteiger partial charge in [0.25, 0.3) is 5.91 Å². The van der Waals surface area contributed by atoms with Gasteiger partial charge < -0.3 is 10.6 Å². The predicted octanol–water partition coefficient (Wildman–Crippen LogP) is 2.55. The summed E-state index contributed by atoms with van der Waals surface area (Å²) in [5.74, 6) is -0.605. The molecule has 1 aromatic carbocycles. The topological polar surface area (TPSA) is 54.0 Å². The van der Waals surface area contributed by atoms with Crippen LogP contribution in [0.25, 0.3) is 0 Å². The lowest BCUT2D eigenvalue weighted by Crippen LogP contribution is -2.27. The van der Waals surface area contributed by atoms with Gasteiger partial charge in [-0.05, 0) is 18.1 Å². The van der Waals surface area contributed by atoms with Gasteiger partial charge in [-0.3, -0.25) is 4.79 Å². The van der Waals surface area contributed by atoms with Gasteiger partial charge in [0.2, 0.25) is 0 Å². The van der Waals surface area contributed by atoms with Crippen LogP contribution in [0.1, 0.15) is 28.3 Å². The second-order valence-electron chi connectivity index (χ2n) is 5.10. The number of pyridine rings is 1. The van der Waals surface area contributed by atoms with Gasteiger partial charge in [0.1, 0.15) is 0 Å². The van der Waals surface area contributed by atoms with Crippen LogP contribution in [0.15, 0.2) is 42.6 Å². The first-order chi connectivity index (χ1) is 10.2. The van der Waals surface area contributed by atoms with E-state index in [2.05, 4.69) is 15.6 Å². The second kappa shape index (κ2) is 5.52. The molecule has 3 rings (SSSR count). The molecule has 2 aromatic rings. The minimum Gasteiger partial charge on any atom is -0.371 e. The Hall–Kier alpha value is -2.43. The molecule has 1 aliphatic carbocycles. The highest BCUT2D eigenvalue weighted by Gasteiger charge is 2.39. The van der Waals surface area contributed by atoms with Crippen molar-refractivity contribution in [1.29, 1.82) is 0 Å². The number of carbonyl (C=O) groups excluding carboxylic acids is 1. The molecule has 4 nitrogen and oxygen atoms in total. The van der Waals surface area contributed by atoms with E-state index >= 15 is 0 Å². The molecule has 2 atom stereocenters. The summed E-state index contributed by atoms with van der Waals surface area (Å²) in [7, 11) is 1.57. The molecule has 0 aliphatic heterocycles. The van der Waals surface area contributed by atoms with Crippen molar-refractivity contribution < 1.29 is 9.18 Å². The van der Waals surface area contributed by atoms with Crippen molar-refractivity contribution in [1.82, 2.24) is 10.3 Å².